The fourth-order valence-electron chi connectivity index (χ4n) is 1.71. The second-order valence-electron chi connectivity index (χ2n) is 4.98. The Morgan fingerprint density at radius 3 is 2.06 bits per heavy atom. The van der Waals surface area contributed by atoms with Gasteiger partial charge in [-0.3, -0.25) is 4.79 Å². The molecule has 0 heterocycles. The SMILES string of the molecule is CCC(OC)C(OC(=O)CC(C)C)C(C)C. The average Bonchev–Trinajstić information content (AvgIpc) is 2.16. The molecule has 3 heteroatoms. The second kappa shape index (κ2) is 7.66. The van der Waals surface area contributed by atoms with Crippen molar-refractivity contribution in [2.45, 2.75) is 59.7 Å². The number of esters is 1. The number of rotatable bonds is 7. The molecular weight excluding hydrogens is 204 g/mol. The van der Waals surface area contributed by atoms with Crippen molar-refractivity contribution in [3.63, 3.8) is 0 Å². The topological polar surface area (TPSA) is 35.5 Å². The summed E-state index contributed by atoms with van der Waals surface area (Å²) < 4.78 is 10.9. The maximum atomic E-state index is 11.6. The first-order valence-electron chi connectivity index (χ1n) is 6.14. The molecule has 0 aromatic heterocycles. The molecule has 16 heavy (non-hydrogen) atoms. The number of carbonyl (C=O) groups excluding carboxylic acids is 1. The molecule has 0 spiro atoms. The summed E-state index contributed by atoms with van der Waals surface area (Å²) in [6.07, 6.45) is 1.19. The highest BCUT2D eigenvalue weighted by atomic mass is 16.6. The zero-order chi connectivity index (χ0) is 12.7. The van der Waals surface area contributed by atoms with Crippen molar-refractivity contribution in [3.05, 3.63) is 0 Å². The van der Waals surface area contributed by atoms with Gasteiger partial charge in [0.1, 0.15) is 6.10 Å². The Hall–Kier alpha value is -0.570. The Balaban J connectivity index is 4.38. The number of methoxy groups -OCH3 is 1. The maximum absolute atomic E-state index is 11.6. The Labute approximate surface area is 99.5 Å². The van der Waals surface area contributed by atoms with Crippen LogP contribution in [-0.4, -0.2) is 25.3 Å². The average molecular weight is 230 g/mol. The molecule has 3 nitrogen and oxygen atoms in total. The van der Waals surface area contributed by atoms with E-state index in [1.54, 1.807) is 7.11 Å². The molecule has 0 rings (SSSR count). The molecule has 96 valence electrons. The van der Waals surface area contributed by atoms with E-state index in [0.717, 1.165) is 6.42 Å². The highest BCUT2D eigenvalue weighted by molar-refractivity contribution is 5.69. The van der Waals surface area contributed by atoms with E-state index in [1.807, 2.05) is 20.8 Å². The van der Waals surface area contributed by atoms with Crippen LogP contribution in [0.3, 0.4) is 0 Å². The van der Waals surface area contributed by atoms with Gasteiger partial charge in [0.2, 0.25) is 0 Å². The Bertz CT molecular complexity index is 195. The van der Waals surface area contributed by atoms with Crippen molar-refractivity contribution in [3.8, 4) is 0 Å². The van der Waals surface area contributed by atoms with Gasteiger partial charge in [-0.25, -0.2) is 0 Å². The van der Waals surface area contributed by atoms with Gasteiger partial charge in [0.05, 0.1) is 6.10 Å². The van der Waals surface area contributed by atoms with Crippen molar-refractivity contribution in [1.29, 1.82) is 0 Å². The van der Waals surface area contributed by atoms with Gasteiger partial charge >= 0.3 is 5.97 Å². The van der Waals surface area contributed by atoms with Crippen LogP contribution in [0.15, 0.2) is 0 Å². The lowest BCUT2D eigenvalue weighted by Gasteiger charge is -2.28. The molecule has 0 saturated carbocycles. The van der Waals surface area contributed by atoms with Crippen LogP contribution in [0.2, 0.25) is 0 Å². The molecule has 0 aromatic carbocycles. The van der Waals surface area contributed by atoms with E-state index < -0.39 is 0 Å². The van der Waals surface area contributed by atoms with Gasteiger partial charge in [-0.2, -0.15) is 0 Å². The zero-order valence-electron chi connectivity index (χ0n) is 11.4. The molecule has 0 saturated heterocycles. The zero-order valence-corrected chi connectivity index (χ0v) is 11.4. The molecule has 0 bridgehead atoms. The van der Waals surface area contributed by atoms with Gasteiger partial charge in [0, 0.05) is 13.5 Å². The molecule has 0 aliphatic carbocycles. The normalized spacial score (nSPS) is 15.2. The van der Waals surface area contributed by atoms with Crippen molar-refractivity contribution in [2.75, 3.05) is 7.11 Å². The van der Waals surface area contributed by atoms with Gasteiger partial charge in [-0.15, -0.1) is 0 Å². The predicted octanol–water partition coefficient (Wildman–Crippen LogP) is 3.03. The van der Waals surface area contributed by atoms with E-state index in [1.165, 1.54) is 0 Å². The summed E-state index contributed by atoms with van der Waals surface area (Å²) in [6, 6.07) is 0. The van der Waals surface area contributed by atoms with Crippen LogP contribution in [0.4, 0.5) is 0 Å². The molecule has 0 radical (unpaired) electrons. The Morgan fingerprint density at radius 2 is 1.75 bits per heavy atom. The van der Waals surface area contributed by atoms with Crippen LogP contribution in [0.5, 0.6) is 0 Å². The first-order valence-corrected chi connectivity index (χ1v) is 6.14. The summed E-state index contributed by atoms with van der Waals surface area (Å²) in [5.41, 5.74) is 0. The van der Waals surface area contributed by atoms with Gasteiger partial charge in [-0.05, 0) is 18.3 Å². The van der Waals surface area contributed by atoms with E-state index in [-0.39, 0.29) is 24.1 Å². The lowest BCUT2D eigenvalue weighted by atomic mass is 9.99. The fourth-order valence-corrected chi connectivity index (χ4v) is 1.71. The molecular formula is C13H26O3. The van der Waals surface area contributed by atoms with Crippen LogP contribution in [0, 0.1) is 11.8 Å². The van der Waals surface area contributed by atoms with Gasteiger partial charge in [0.25, 0.3) is 0 Å². The number of ether oxygens (including phenoxy) is 2. The minimum Gasteiger partial charge on any atom is -0.459 e. The summed E-state index contributed by atoms with van der Waals surface area (Å²) in [7, 11) is 1.67. The van der Waals surface area contributed by atoms with Gasteiger partial charge < -0.3 is 9.47 Å². The second-order valence-corrected chi connectivity index (χ2v) is 4.98. The molecule has 0 aliphatic heterocycles. The third kappa shape index (κ3) is 5.50. The van der Waals surface area contributed by atoms with Gasteiger partial charge in [0.15, 0.2) is 0 Å². The maximum Gasteiger partial charge on any atom is 0.306 e. The van der Waals surface area contributed by atoms with Gasteiger partial charge in [-0.1, -0.05) is 34.6 Å². The van der Waals surface area contributed by atoms with Crippen molar-refractivity contribution < 1.29 is 14.3 Å². The Morgan fingerprint density at radius 1 is 1.19 bits per heavy atom. The molecule has 0 aromatic rings. The van der Waals surface area contributed by atoms with E-state index in [4.69, 9.17) is 9.47 Å². The molecule has 0 fully saturated rings. The molecule has 0 amide bonds. The number of hydrogen-bond donors (Lipinski definition) is 0. The van der Waals surface area contributed by atoms with Crippen molar-refractivity contribution in [2.24, 2.45) is 11.8 Å². The molecule has 2 atom stereocenters. The first kappa shape index (κ1) is 15.4. The lowest BCUT2D eigenvalue weighted by molar-refractivity contribution is -0.161. The van der Waals surface area contributed by atoms with Crippen LogP contribution in [0.25, 0.3) is 0 Å². The number of hydrogen-bond acceptors (Lipinski definition) is 3. The minimum absolute atomic E-state index is 0.00360. The smallest absolute Gasteiger partial charge is 0.306 e. The van der Waals surface area contributed by atoms with Crippen molar-refractivity contribution in [1.82, 2.24) is 0 Å². The third-order valence-corrected chi connectivity index (χ3v) is 2.57. The highest BCUT2D eigenvalue weighted by Gasteiger charge is 2.27. The van der Waals surface area contributed by atoms with Crippen molar-refractivity contribution >= 4 is 5.97 Å². The summed E-state index contributed by atoms with van der Waals surface area (Å²) in [5, 5.41) is 0. The summed E-state index contributed by atoms with van der Waals surface area (Å²) >= 11 is 0. The van der Waals surface area contributed by atoms with Crippen LogP contribution in [-0.2, 0) is 14.3 Å². The Kier molecular flexibility index (Phi) is 7.39. The van der Waals surface area contributed by atoms with E-state index in [9.17, 15) is 4.79 Å². The number of carbonyl (C=O) groups is 1. The monoisotopic (exact) mass is 230 g/mol. The summed E-state index contributed by atoms with van der Waals surface area (Å²) in [6.45, 7) is 10.2. The quantitative estimate of drug-likeness (QED) is 0.631. The molecule has 0 aliphatic rings. The summed E-state index contributed by atoms with van der Waals surface area (Å²) in [5.74, 6) is 0.494. The summed E-state index contributed by atoms with van der Waals surface area (Å²) in [4.78, 5) is 11.6. The van der Waals surface area contributed by atoms with Crippen LogP contribution < -0.4 is 0 Å². The predicted molar refractivity (Wildman–Crippen MR) is 65.3 cm³/mol. The highest BCUT2D eigenvalue weighted by Crippen LogP contribution is 2.18. The minimum atomic E-state index is -0.138. The van der Waals surface area contributed by atoms with E-state index >= 15 is 0 Å². The lowest BCUT2D eigenvalue weighted by Crippen LogP contribution is -2.36. The van der Waals surface area contributed by atoms with E-state index in [0.29, 0.717) is 12.3 Å². The fraction of sp³-hybridized carbons (Fsp3) is 0.923. The largest absolute Gasteiger partial charge is 0.459 e. The van der Waals surface area contributed by atoms with E-state index in [2.05, 4.69) is 13.8 Å². The third-order valence-electron chi connectivity index (χ3n) is 2.57. The first-order chi connectivity index (χ1) is 7.42. The molecule has 2 unspecified atom stereocenters. The standard InChI is InChI=1S/C13H26O3/c1-7-11(15-6)13(10(4)5)16-12(14)8-9(2)3/h9-11,13H,7-8H2,1-6H3. The van der Waals surface area contributed by atoms with Crippen LogP contribution >= 0.6 is 0 Å². The van der Waals surface area contributed by atoms with Crippen LogP contribution in [0.1, 0.15) is 47.5 Å². The molecule has 0 N–H and O–H groups in total.